The predicted octanol–water partition coefficient (Wildman–Crippen LogP) is 1.73. The summed E-state index contributed by atoms with van der Waals surface area (Å²) >= 11 is 0. The number of carbonyl (C=O) groups excluding carboxylic acids is 1. The SMILES string of the molecule is COCC(C)NC(=O)c1c(F)cccc1F. The number of carbonyl (C=O) groups is 1. The number of halogens is 2. The van der Waals surface area contributed by atoms with Crippen LogP contribution in [0.1, 0.15) is 17.3 Å². The minimum Gasteiger partial charge on any atom is -0.383 e. The van der Waals surface area contributed by atoms with Gasteiger partial charge < -0.3 is 10.1 Å². The minimum absolute atomic E-state index is 0.280. The molecule has 0 saturated heterocycles. The summed E-state index contributed by atoms with van der Waals surface area (Å²) in [6.45, 7) is 1.96. The second-order valence-corrected chi connectivity index (χ2v) is 3.43. The Morgan fingerprint density at radius 2 is 2.00 bits per heavy atom. The van der Waals surface area contributed by atoms with Crippen LogP contribution in [0.4, 0.5) is 8.78 Å². The topological polar surface area (TPSA) is 38.3 Å². The van der Waals surface area contributed by atoms with Gasteiger partial charge >= 0.3 is 0 Å². The van der Waals surface area contributed by atoms with Crippen LogP contribution in [0.5, 0.6) is 0 Å². The molecule has 5 heteroatoms. The van der Waals surface area contributed by atoms with Crippen molar-refractivity contribution in [2.45, 2.75) is 13.0 Å². The molecule has 0 aliphatic heterocycles. The summed E-state index contributed by atoms with van der Waals surface area (Å²) in [5, 5.41) is 2.43. The molecule has 1 aromatic carbocycles. The lowest BCUT2D eigenvalue weighted by atomic mass is 10.1. The van der Waals surface area contributed by atoms with Crippen LogP contribution in [0, 0.1) is 11.6 Å². The van der Waals surface area contributed by atoms with E-state index >= 15 is 0 Å². The second-order valence-electron chi connectivity index (χ2n) is 3.43. The molecule has 1 rings (SSSR count). The van der Waals surface area contributed by atoms with Crippen molar-refractivity contribution in [3.05, 3.63) is 35.4 Å². The Morgan fingerprint density at radius 1 is 1.44 bits per heavy atom. The second kappa shape index (κ2) is 5.55. The van der Waals surface area contributed by atoms with Crippen molar-refractivity contribution in [3.8, 4) is 0 Å². The van der Waals surface area contributed by atoms with Gasteiger partial charge in [0.2, 0.25) is 0 Å². The molecule has 0 radical (unpaired) electrons. The molecular weight excluding hydrogens is 216 g/mol. The Bertz CT molecular complexity index is 362. The quantitative estimate of drug-likeness (QED) is 0.853. The van der Waals surface area contributed by atoms with Crippen molar-refractivity contribution in [2.24, 2.45) is 0 Å². The molecule has 1 amide bonds. The molecule has 0 heterocycles. The van der Waals surface area contributed by atoms with Crippen LogP contribution >= 0.6 is 0 Å². The fraction of sp³-hybridized carbons (Fsp3) is 0.364. The van der Waals surface area contributed by atoms with Crippen LogP contribution in [0.3, 0.4) is 0 Å². The Hall–Kier alpha value is -1.49. The third-order valence-electron chi connectivity index (χ3n) is 1.98. The Kier molecular flexibility index (Phi) is 4.37. The van der Waals surface area contributed by atoms with Crippen LogP contribution in [0.25, 0.3) is 0 Å². The van der Waals surface area contributed by atoms with Gasteiger partial charge in [0, 0.05) is 13.2 Å². The summed E-state index contributed by atoms with van der Waals surface area (Å²) in [4.78, 5) is 11.5. The van der Waals surface area contributed by atoms with E-state index in [-0.39, 0.29) is 12.6 Å². The maximum absolute atomic E-state index is 13.2. The third kappa shape index (κ3) is 3.00. The first-order chi connectivity index (χ1) is 7.56. The molecule has 0 aliphatic carbocycles. The highest BCUT2D eigenvalue weighted by Gasteiger charge is 2.18. The highest BCUT2D eigenvalue weighted by molar-refractivity contribution is 5.94. The lowest BCUT2D eigenvalue weighted by molar-refractivity contribution is 0.0897. The molecule has 1 N–H and O–H groups in total. The summed E-state index contributed by atoms with van der Waals surface area (Å²) < 4.78 is 31.2. The van der Waals surface area contributed by atoms with E-state index in [0.29, 0.717) is 0 Å². The zero-order chi connectivity index (χ0) is 12.1. The van der Waals surface area contributed by atoms with E-state index < -0.39 is 23.1 Å². The molecule has 0 spiro atoms. The molecule has 3 nitrogen and oxygen atoms in total. The van der Waals surface area contributed by atoms with Gasteiger partial charge in [-0.05, 0) is 19.1 Å². The first kappa shape index (κ1) is 12.6. The number of ether oxygens (including phenoxy) is 1. The van der Waals surface area contributed by atoms with Crippen molar-refractivity contribution < 1.29 is 18.3 Å². The Labute approximate surface area is 92.4 Å². The summed E-state index contributed by atoms with van der Waals surface area (Å²) in [6.07, 6.45) is 0. The Morgan fingerprint density at radius 3 is 2.50 bits per heavy atom. The highest BCUT2D eigenvalue weighted by atomic mass is 19.1. The molecule has 88 valence electrons. The summed E-state index contributed by atoms with van der Waals surface area (Å²) in [5.74, 6) is -2.52. The van der Waals surface area contributed by atoms with Gasteiger partial charge in [-0.3, -0.25) is 4.79 Å². The summed E-state index contributed by atoms with van der Waals surface area (Å²) in [6, 6.07) is 2.98. The van der Waals surface area contributed by atoms with E-state index in [1.165, 1.54) is 13.2 Å². The molecule has 0 aliphatic rings. The van der Waals surface area contributed by atoms with E-state index in [2.05, 4.69) is 5.32 Å². The van der Waals surface area contributed by atoms with Crippen LogP contribution < -0.4 is 5.32 Å². The van der Waals surface area contributed by atoms with Crippen molar-refractivity contribution in [1.29, 1.82) is 0 Å². The van der Waals surface area contributed by atoms with E-state index in [1.807, 2.05) is 0 Å². The van der Waals surface area contributed by atoms with Crippen LogP contribution in [-0.2, 0) is 4.74 Å². The first-order valence-corrected chi connectivity index (χ1v) is 4.80. The number of methoxy groups -OCH3 is 1. The van der Waals surface area contributed by atoms with Gasteiger partial charge in [0.25, 0.3) is 5.91 Å². The van der Waals surface area contributed by atoms with Gasteiger partial charge in [0.1, 0.15) is 17.2 Å². The van der Waals surface area contributed by atoms with Crippen molar-refractivity contribution in [2.75, 3.05) is 13.7 Å². The predicted molar refractivity (Wildman–Crippen MR) is 55.2 cm³/mol. The zero-order valence-corrected chi connectivity index (χ0v) is 9.09. The normalized spacial score (nSPS) is 12.2. The van der Waals surface area contributed by atoms with E-state index in [0.717, 1.165) is 12.1 Å². The van der Waals surface area contributed by atoms with Gasteiger partial charge in [-0.2, -0.15) is 0 Å². The van der Waals surface area contributed by atoms with Gasteiger partial charge in [0.15, 0.2) is 0 Å². The third-order valence-corrected chi connectivity index (χ3v) is 1.98. The molecule has 1 unspecified atom stereocenters. The van der Waals surface area contributed by atoms with Crippen molar-refractivity contribution in [1.82, 2.24) is 5.32 Å². The average Bonchev–Trinajstić information content (AvgIpc) is 2.17. The maximum Gasteiger partial charge on any atom is 0.257 e. The number of benzene rings is 1. The lowest BCUT2D eigenvalue weighted by Gasteiger charge is -2.13. The van der Waals surface area contributed by atoms with E-state index in [9.17, 15) is 13.6 Å². The molecule has 1 aromatic rings. The van der Waals surface area contributed by atoms with E-state index in [4.69, 9.17) is 4.74 Å². The molecule has 0 fully saturated rings. The zero-order valence-electron chi connectivity index (χ0n) is 9.09. The molecule has 16 heavy (non-hydrogen) atoms. The number of rotatable bonds is 4. The molecule has 0 saturated carbocycles. The fourth-order valence-corrected chi connectivity index (χ4v) is 1.30. The smallest absolute Gasteiger partial charge is 0.257 e. The number of amides is 1. The van der Waals surface area contributed by atoms with Crippen LogP contribution in [-0.4, -0.2) is 25.7 Å². The minimum atomic E-state index is -0.873. The van der Waals surface area contributed by atoms with Gasteiger partial charge in [-0.15, -0.1) is 0 Å². The van der Waals surface area contributed by atoms with Gasteiger partial charge in [-0.1, -0.05) is 6.07 Å². The number of nitrogens with one attached hydrogen (secondary N) is 1. The molecule has 0 bridgehead atoms. The average molecular weight is 229 g/mol. The summed E-state index contributed by atoms with van der Waals surface area (Å²) in [7, 11) is 1.48. The van der Waals surface area contributed by atoms with Crippen molar-refractivity contribution in [3.63, 3.8) is 0 Å². The monoisotopic (exact) mass is 229 g/mol. The first-order valence-electron chi connectivity index (χ1n) is 4.80. The van der Waals surface area contributed by atoms with Crippen LogP contribution in [0.2, 0.25) is 0 Å². The largest absolute Gasteiger partial charge is 0.383 e. The van der Waals surface area contributed by atoms with E-state index in [1.54, 1.807) is 6.92 Å². The number of hydrogen-bond donors (Lipinski definition) is 1. The molecular formula is C11H13F2NO2. The maximum atomic E-state index is 13.2. The van der Waals surface area contributed by atoms with Gasteiger partial charge in [-0.25, -0.2) is 8.78 Å². The fourth-order valence-electron chi connectivity index (χ4n) is 1.30. The van der Waals surface area contributed by atoms with Crippen LogP contribution in [0.15, 0.2) is 18.2 Å². The standard InChI is InChI=1S/C11H13F2NO2/c1-7(6-16-2)14-11(15)10-8(12)4-3-5-9(10)13/h3-5,7H,6H2,1-2H3,(H,14,15). The number of hydrogen-bond acceptors (Lipinski definition) is 2. The Balaban J connectivity index is 2.80. The summed E-state index contributed by atoms with van der Waals surface area (Å²) in [5.41, 5.74) is -0.564. The highest BCUT2D eigenvalue weighted by Crippen LogP contribution is 2.11. The molecule has 1 atom stereocenters. The van der Waals surface area contributed by atoms with Gasteiger partial charge in [0.05, 0.1) is 6.61 Å². The lowest BCUT2D eigenvalue weighted by Crippen LogP contribution is -2.36. The van der Waals surface area contributed by atoms with Crippen molar-refractivity contribution >= 4 is 5.91 Å². The molecule has 0 aromatic heterocycles.